The highest BCUT2D eigenvalue weighted by atomic mass is 19.1. The van der Waals surface area contributed by atoms with E-state index < -0.39 is 5.82 Å². The van der Waals surface area contributed by atoms with Gasteiger partial charge in [0.05, 0.1) is 30.1 Å². The van der Waals surface area contributed by atoms with Gasteiger partial charge in [-0.1, -0.05) is 5.21 Å². The van der Waals surface area contributed by atoms with Crippen LogP contribution in [0.1, 0.15) is 11.5 Å². The number of hydrogen-bond donors (Lipinski definition) is 1. The molecule has 6 heterocycles. The van der Waals surface area contributed by atoms with E-state index in [1.54, 1.807) is 18.6 Å². The van der Waals surface area contributed by atoms with E-state index in [0.29, 0.717) is 22.9 Å². The Kier molecular flexibility index (Phi) is 3.90. The Balaban J connectivity index is 1.60. The van der Waals surface area contributed by atoms with Gasteiger partial charge in [0.25, 0.3) is 0 Å². The fourth-order valence-corrected chi connectivity index (χ4v) is 3.57. The number of aromatic nitrogens is 10. The van der Waals surface area contributed by atoms with E-state index >= 15 is 0 Å². The van der Waals surface area contributed by atoms with E-state index in [2.05, 4.69) is 35.3 Å². The quantitative estimate of drug-likeness (QED) is 0.450. The van der Waals surface area contributed by atoms with E-state index in [1.165, 1.54) is 27.5 Å². The topological polar surface area (TPSA) is 130 Å². The van der Waals surface area contributed by atoms with E-state index in [1.807, 2.05) is 28.9 Å². The minimum absolute atomic E-state index is 0.104. The van der Waals surface area contributed by atoms with Crippen molar-refractivity contribution in [1.82, 2.24) is 48.9 Å². The molecule has 12 heteroatoms. The van der Waals surface area contributed by atoms with Gasteiger partial charge in [0.1, 0.15) is 11.5 Å². The zero-order valence-corrected chi connectivity index (χ0v) is 16.4. The first kappa shape index (κ1) is 18.1. The third-order valence-electron chi connectivity index (χ3n) is 5.01. The predicted octanol–water partition coefficient (Wildman–Crippen LogP) is 1.73. The molecule has 0 fully saturated rings. The summed E-state index contributed by atoms with van der Waals surface area (Å²) in [6.07, 6.45) is 10.3. The first-order chi connectivity index (χ1) is 15.7. The van der Waals surface area contributed by atoms with Crippen LogP contribution in [0.15, 0.2) is 61.4 Å². The molecule has 0 unspecified atom stereocenters. The van der Waals surface area contributed by atoms with E-state index in [9.17, 15) is 4.39 Å². The minimum atomic E-state index is -0.424. The van der Waals surface area contributed by atoms with Crippen LogP contribution in [0.5, 0.6) is 0 Å². The summed E-state index contributed by atoms with van der Waals surface area (Å²) < 4.78 is 19.0. The van der Waals surface area contributed by atoms with Gasteiger partial charge in [0.15, 0.2) is 17.3 Å². The fourth-order valence-electron chi connectivity index (χ4n) is 3.57. The van der Waals surface area contributed by atoms with Crippen LogP contribution in [-0.2, 0) is 6.42 Å². The van der Waals surface area contributed by atoms with Crippen molar-refractivity contribution in [2.75, 3.05) is 5.73 Å². The number of pyridine rings is 2. The van der Waals surface area contributed by atoms with E-state index in [0.717, 1.165) is 11.2 Å². The second-order valence-corrected chi connectivity index (χ2v) is 7.00. The molecule has 0 saturated heterocycles. The van der Waals surface area contributed by atoms with Crippen LogP contribution in [-0.4, -0.2) is 48.9 Å². The maximum Gasteiger partial charge on any atom is 0.225 e. The summed E-state index contributed by atoms with van der Waals surface area (Å²) in [6, 6.07) is 6.67. The van der Waals surface area contributed by atoms with Gasteiger partial charge in [-0.2, -0.15) is 9.50 Å². The SMILES string of the molecule is Nc1nc(-n2ccnn2)c(-c2ccc3nccn3c2)c2nc(Cc3ncccc3F)nn12. The number of nitrogens with zero attached hydrogens (tertiary/aromatic N) is 10. The van der Waals surface area contributed by atoms with Crippen molar-refractivity contribution in [2.45, 2.75) is 6.42 Å². The monoisotopic (exact) mass is 427 g/mol. The smallest absolute Gasteiger partial charge is 0.225 e. The van der Waals surface area contributed by atoms with Crippen LogP contribution in [0.4, 0.5) is 10.3 Å². The summed E-state index contributed by atoms with van der Waals surface area (Å²) in [7, 11) is 0. The van der Waals surface area contributed by atoms with Crippen LogP contribution in [0, 0.1) is 5.82 Å². The van der Waals surface area contributed by atoms with Gasteiger partial charge >= 0.3 is 0 Å². The summed E-state index contributed by atoms with van der Waals surface area (Å²) in [5.41, 5.74) is 9.13. The second-order valence-electron chi connectivity index (χ2n) is 7.00. The van der Waals surface area contributed by atoms with Gasteiger partial charge in [-0.15, -0.1) is 10.2 Å². The number of fused-ring (bicyclic) bond motifs is 2. The molecule has 0 aromatic carbocycles. The Morgan fingerprint density at radius 2 is 1.94 bits per heavy atom. The molecule has 6 aromatic heterocycles. The molecule has 0 radical (unpaired) electrons. The molecule has 6 rings (SSSR count). The lowest BCUT2D eigenvalue weighted by Crippen LogP contribution is -2.10. The minimum Gasteiger partial charge on any atom is -0.368 e. The zero-order chi connectivity index (χ0) is 21.7. The van der Waals surface area contributed by atoms with Gasteiger partial charge in [-0.3, -0.25) is 4.98 Å². The third kappa shape index (κ3) is 2.85. The van der Waals surface area contributed by atoms with E-state index in [4.69, 9.17) is 5.73 Å². The van der Waals surface area contributed by atoms with E-state index in [-0.39, 0.29) is 18.1 Å². The standard InChI is InChI=1S/C20H14FN11/c21-13-2-1-5-23-14(13)10-15-26-19-17(12-3-4-16-24-6-8-30(16)11-12)18(31-9-7-25-29-31)27-20(22)32(19)28-15/h1-9,11H,10H2,(H2,22,27). The molecule has 0 saturated carbocycles. The molecule has 0 bridgehead atoms. The lowest BCUT2D eigenvalue weighted by Gasteiger charge is -2.11. The first-order valence-electron chi connectivity index (χ1n) is 9.61. The van der Waals surface area contributed by atoms with Crippen molar-refractivity contribution in [3.05, 3.63) is 78.8 Å². The van der Waals surface area contributed by atoms with Crippen LogP contribution in [0.25, 0.3) is 28.2 Å². The number of halogens is 1. The normalized spacial score (nSPS) is 11.5. The third-order valence-corrected chi connectivity index (χ3v) is 5.01. The number of anilines is 1. The Morgan fingerprint density at radius 3 is 2.78 bits per heavy atom. The number of hydrogen-bond acceptors (Lipinski definition) is 8. The molecule has 32 heavy (non-hydrogen) atoms. The van der Waals surface area contributed by atoms with Crippen molar-refractivity contribution >= 4 is 17.2 Å². The predicted molar refractivity (Wildman–Crippen MR) is 111 cm³/mol. The molecule has 0 amide bonds. The van der Waals surface area contributed by atoms with Crippen molar-refractivity contribution < 1.29 is 4.39 Å². The Morgan fingerprint density at radius 1 is 1.00 bits per heavy atom. The van der Waals surface area contributed by atoms with Crippen molar-refractivity contribution in [1.29, 1.82) is 0 Å². The maximum atomic E-state index is 14.1. The summed E-state index contributed by atoms with van der Waals surface area (Å²) in [6.45, 7) is 0. The van der Waals surface area contributed by atoms with Crippen LogP contribution >= 0.6 is 0 Å². The molecular formula is C20H14FN11. The molecule has 0 atom stereocenters. The van der Waals surface area contributed by atoms with Crippen molar-refractivity contribution in [3.8, 4) is 16.9 Å². The molecule has 0 aliphatic heterocycles. The van der Waals surface area contributed by atoms with Crippen molar-refractivity contribution in [2.24, 2.45) is 0 Å². The summed E-state index contributed by atoms with van der Waals surface area (Å²) in [4.78, 5) is 17.5. The zero-order valence-electron chi connectivity index (χ0n) is 16.4. The lowest BCUT2D eigenvalue weighted by molar-refractivity contribution is 0.601. The molecule has 0 aliphatic carbocycles. The molecule has 0 spiro atoms. The lowest BCUT2D eigenvalue weighted by atomic mass is 10.1. The van der Waals surface area contributed by atoms with Crippen molar-refractivity contribution in [3.63, 3.8) is 0 Å². The maximum absolute atomic E-state index is 14.1. The highest BCUT2D eigenvalue weighted by molar-refractivity contribution is 5.84. The number of nitrogens with two attached hydrogens (primary N) is 1. The van der Waals surface area contributed by atoms with Gasteiger partial charge in [-0.25, -0.2) is 19.0 Å². The van der Waals surface area contributed by atoms with Gasteiger partial charge in [-0.05, 0) is 24.3 Å². The molecule has 6 aromatic rings. The molecular weight excluding hydrogens is 413 g/mol. The largest absolute Gasteiger partial charge is 0.368 e. The Labute approximate surface area is 179 Å². The Bertz CT molecular complexity index is 1580. The molecule has 0 aliphatic rings. The second kappa shape index (κ2) is 6.91. The average molecular weight is 427 g/mol. The number of nitrogen functional groups attached to an aromatic ring is 1. The summed E-state index contributed by atoms with van der Waals surface area (Å²) in [5.74, 6) is 0.483. The van der Waals surface area contributed by atoms with Gasteiger partial charge < -0.3 is 10.1 Å². The summed E-state index contributed by atoms with van der Waals surface area (Å²) >= 11 is 0. The van der Waals surface area contributed by atoms with Crippen LogP contribution in [0.3, 0.4) is 0 Å². The highest BCUT2D eigenvalue weighted by Gasteiger charge is 2.21. The summed E-state index contributed by atoms with van der Waals surface area (Å²) in [5, 5.41) is 12.4. The molecule has 11 nitrogen and oxygen atoms in total. The molecule has 156 valence electrons. The highest BCUT2D eigenvalue weighted by Crippen LogP contribution is 2.30. The average Bonchev–Trinajstić information content (AvgIpc) is 3.55. The fraction of sp³-hybridized carbons (Fsp3) is 0.0500. The van der Waals surface area contributed by atoms with Gasteiger partial charge in [0.2, 0.25) is 5.95 Å². The van der Waals surface area contributed by atoms with Gasteiger partial charge in [0, 0.05) is 30.4 Å². The molecule has 2 N–H and O–H groups in total. The van der Waals surface area contributed by atoms with Crippen LogP contribution < -0.4 is 5.73 Å². The van der Waals surface area contributed by atoms with Crippen LogP contribution in [0.2, 0.25) is 0 Å². The number of rotatable bonds is 4. The first-order valence-corrected chi connectivity index (χ1v) is 9.61. The number of imidazole rings is 1. The Hall–Kier alpha value is -4.74.